The third kappa shape index (κ3) is 4.37. The van der Waals surface area contributed by atoms with E-state index in [1.54, 1.807) is 17.1 Å². The largest absolute Gasteiger partial charge is 0.377 e. The molecule has 0 aliphatic rings. The van der Waals surface area contributed by atoms with E-state index in [4.69, 9.17) is 0 Å². The molecule has 3 aromatic rings. The van der Waals surface area contributed by atoms with Crippen LogP contribution >= 0.6 is 11.3 Å². The van der Waals surface area contributed by atoms with Gasteiger partial charge in [0, 0.05) is 26.8 Å². The Kier molecular flexibility index (Phi) is 7.05. The quantitative estimate of drug-likeness (QED) is 0.424. The Morgan fingerprint density at radius 2 is 1.93 bits per heavy atom. The Morgan fingerprint density at radius 1 is 1.11 bits per heavy atom. The van der Waals surface area contributed by atoms with Gasteiger partial charge in [0.15, 0.2) is 0 Å². The summed E-state index contributed by atoms with van der Waals surface area (Å²) in [6, 6.07) is 1.98. The molecule has 0 fully saturated rings. The highest BCUT2D eigenvalue weighted by Gasteiger charge is 2.17. The Hall–Kier alpha value is -1.95. The van der Waals surface area contributed by atoms with Gasteiger partial charge in [-0.3, -0.25) is 9.36 Å². The fourth-order valence-electron chi connectivity index (χ4n) is 3.95. The average molecular weight is 401 g/mol. The van der Waals surface area contributed by atoms with Crippen LogP contribution in [0.25, 0.3) is 20.4 Å². The molecule has 0 aliphatic heterocycles. The Balaban J connectivity index is 1.87. The lowest BCUT2D eigenvalue weighted by atomic mass is 9.93. The number of unbranched alkanes of at least 4 members (excludes halogenated alkanes) is 2. The summed E-state index contributed by atoms with van der Waals surface area (Å²) in [7, 11) is 4.01. The van der Waals surface area contributed by atoms with Crippen LogP contribution in [-0.4, -0.2) is 28.6 Å². The SMILES string of the molecule is CCCCCC(CCC)CCn1cnc2c(sc3nccc(N(C)C)c32)c1=O. The number of rotatable bonds is 10. The second-order valence-electron chi connectivity index (χ2n) is 7.87. The maximum Gasteiger partial charge on any atom is 0.271 e. The summed E-state index contributed by atoms with van der Waals surface area (Å²) in [5.74, 6) is 0.698. The van der Waals surface area contributed by atoms with Crippen LogP contribution in [0.15, 0.2) is 23.4 Å². The fraction of sp³-hybridized carbons (Fsp3) is 0.591. The highest BCUT2D eigenvalue weighted by molar-refractivity contribution is 7.25. The van der Waals surface area contributed by atoms with Crippen LogP contribution in [0, 0.1) is 5.92 Å². The molecule has 0 aromatic carbocycles. The van der Waals surface area contributed by atoms with Gasteiger partial charge < -0.3 is 4.90 Å². The smallest absolute Gasteiger partial charge is 0.271 e. The first-order valence-corrected chi connectivity index (χ1v) is 11.3. The zero-order valence-corrected chi connectivity index (χ0v) is 18.4. The predicted octanol–water partition coefficient (Wildman–Crippen LogP) is 5.46. The van der Waals surface area contributed by atoms with Gasteiger partial charge in [0.25, 0.3) is 5.56 Å². The molecule has 0 amide bonds. The van der Waals surface area contributed by atoms with Crippen molar-refractivity contribution in [2.75, 3.05) is 19.0 Å². The third-order valence-electron chi connectivity index (χ3n) is 5.50. The second kappa shape index (κ2) is 9.50. The molecule has 0 spiro atoms. The van der Waals surface area contributed by atoms with Crippen molar-refractivity contribution >= 4 is 37.5 Å². The van der Waals surface area contributed by atoms with E-state index in [1.165, 1.54) is 49.9 Å². The Bertz CT molecular complexity index is 976. The predicted molar refractivity (Wildman–Crippen MR) is 121 cm³/mol. The molecule has 0 N–H and O–H groups in total. The number of aryl methyl sites for hydroxylation is 1. The average Bonchev–Trinajstić information content (AvgIpc) is 3.07. The van der Waals surface area contributed by atoms with E-state index in [2.05, 4.69) is 28.7 Å². The van der Waals surface area contributed by atoms with Crippen molar-refractivity contribution in [1.82, 2.24) is 14.5 Å². The molecule has 3 rings (SSSR count). The lowest BCUT2D eigenvalue weighted by Gasteiger charge is -2.16. The molecule has 0 saturated heterocycles. The number of hydrogen-bond acceptors (Lipinski definition) is 5. The minimum Gasteiger partial charge on any atom is -0.377 e. The van der Waals surface area contributed by atoms with Crippen molar-refractivity contribution < 1.29 is 0 Å². The molecule has 28 heavy (non-hydrogen) atoms. The summed E-state index contributed by atoms with van der Waals surface area (Å²) in [5, 5.41) is 0.986. The molecule has 1 unspecified atom stereocenters. The second-order valence-corrected chi connectivity index (χ2v) is 8.87. The maximum atomic E-state index is 13.1. The molecule has 1 atom stereocenters. The molecule has 0 bridgehead atoms. The molecule has 3 heterocycles. The third-order valence-corrected chi connectivity index (χ3v) is 6.57. The van der Waals surface area contributed by atoms with Crippen molar-refractivity contribution in [3.05, 3.63) is 28.9 Å². The topological polar surface area (TPSA) is 51.0 Å². The van der Waals surface area contributed by atoms with Gasteiger partial charge in [0.1, 0.15) is 9.53 Å². The maximum absolute atomic E-state index is 13.1. The molecular formula is C22H32N4OS. The van der Waals surface area contributed by atoms with E-state index in [-0.39, 0.29) is 5.56 Å². The highest BCUT2D eigenvalue weighted by atomic mass is 32.1. The highest BCUT2D eigenvalue weighted by Crippen LogP contribution is 2.35. The summed E-state index contributed by atoms with van der Waals surface area (Å²) in [6.45, 7) is 5.25. The zero-order chi connectivity index (χ0) is 20.1. The summed E-state index contributed by atoms with van der Waals surface area (Å²) >= 11 is 1.46. The number of thiophene rings is 1. The Labute approximate surface area is 171 Å². The molecule has 3 aromatic heterocycles. The van der Waals surface area contributed by atoms with E-state index in [0.29, 0.717) is 5.92 Å². The van der Waals surface area contributed by atoms with Crippen LogP contribution < -0.4 is 10.5 Å². The number of fused-ring (bicyclic) bond motifs is 3. The molecule has 0 aliphatic carbocycles. The van der Waals surface area contributed by atoms with Crippen molar-refractivity contribution in [1.29, 1.82) is 0 Å². The van der Waals surface area contributed by atoms with Gasteiger partial charge >= 0.3 is 0 Å². The molecule has 6 heteroatoms. The number of nitrogens with zero attached hydrogens (tertiary/aromatic N) is 4. The first-order valence-electron chi connectivity index (χ1n) is 10.5. The van der Waals surface area contributed by atoms with Gasteiger partial charge in [-0.25, -0.2) is 9.97 Å². The first-order chi connectivity index (χ1) is 13.6. The minimum atomic E-state index is 0.0708. The van der Waals surface area contributed by atoms with Crippen molar-refractivity contribution in [2.45, 2.75) is 65.3 Å². The standard InChI is InChI=1S/C22H32N4OS/c1-5-7-8-10-16(9-6-2)12-14-26-15-24-19-18-17(25(3)4)11-13-23-21(18)28-20(19)22(26)27/h11,13,15-16H,5-10,12,14H2,1-4H3. The van der Waals surface area contributed by atoms with E-state index >= 15 is 0 Å². The monoisotopic (exact) mass is 400 g/mol. The van der Waals surface area contributed by atoms with E-state index in [1.807, 2.05) is 20.2 Å². The summed E-state index contributed by atoms with van der Waals surface area (Å²) < 4.78 is 2.52. The lowest BCUT2D eigenvalue weighted by molar-refractivity contribution is 0.372. The van der Waals surface area contributed by atoms with Crippen LogP contribution in [0.5, 0.6) is 0 Å². The summed E-state index contributed by atoms with van der Waals surface area (Å²) in [5.41, 5.74) is 1.91. The van der Waals surface area contributed by atoms with Crippen LogP contribution in [0.2, 0.25) is 0 Å². The van der Waals surface area contributed by atoms with Gasteiger partial charge in [0.05, 0.1) is 22.9 Å². The number of anilines is 1. The lowest BCUT2D eigenvalue weighted by Crippen LogP contribution is -2.21. The minimum absolute atomic E-state index is 0.0708. The van der Waals surface area contributed by atoms with E-state index < -0.39 is 0 Å². The van der Waals surface area contributed by atoms with Gasteiger partial charge in [-0.15, -0.1) is 11.3 Å². The molecule has 152 valence electrons. The van der Waals surface area contributed by atoms with Gasteiger partial charge in [-0.1, -0.05) is 52.4 Å². The summed E-state index contributed by atoms with van der Waals surface area (Å²) in [6.07, 6.45) is 12.2. The van der Waals surface area contributed by atoms with Gasteiger partial charge in [-0.05, 0) is 18.4 Å². The summed E-state index contributed by atoms with van der Waals surface area (Å²) in [4.78, 5) is 25.2. The molecular weight excluding hydrogens is 368 g/mol. The molecule has 0 radical (unpaired) electrons. The molecule has 5 nitrogen and oxygen atoms in total. The van der Waals surface area contributed by atoms with Crippen molar-refractivity contribution in [3.63, 3.8) is 0 Å². The number of pyridine rings is 1. The normalized spacial score (nSPS) is 12.7. The zero-order valence-electron chi connectivity index (χ0n) is 17.6. The van der Waals surface area contributed by atoms with Gasteiger partial charge in [-0.2, -0.15) is 0 Å². The fourth-order valence-corrected chi connectivity index (χ4v) is 5.01. The van der Waals surface area contributed by atoms with Crippen molar-refractivity contribution in [3.8, 4) is 0 Å². The van der Waals surface area contributed by atoms with Crippen LogP contribution in [0.3, 0.4) is 0 Å². The van der Waals surface area contributed by atoms with Crippen LogP contribution in [0.4, 0.5) is 5.69 Å². The van der Waals surface area contributed by atoms with Crippen molar-refractivity contribution in [2.24, 2.45) is 5.92 Å². The number of aromatic nitrogens is 3. The molecule has 0 saturated carbocycles. The van der Waals surface area contributed by atoms with E-state index in [9.17, 15) is 4.79 Å². The van der Waals surface area contributed by atoms with Crippen LogP contribution in [-0.2, 0) is 6.54 Å². The Morgan fingerprint density at radius 3 is 2.64 bits per heavy atom. The van der Waals surface area contributed by atoms with E-state index in [0.717, 1.165) is 39.1 Å². The number of hydrogen-bond donors (Lipinski definition) is 0. The first kappa shape index (κ1) is 20.8. The van der Waals surface area contributed by atoms with Crippen LogP contribution in [0.1, 0.15) is 58.8 Å². The van der Waals surface area contributed by atoms with Gasteiger partial charge in [0.2, 0.25) is 0 Å².